The van der Waals surface area contributed by atoms with Crippen molar-refractivity contribution in [1.82, 2.24) is 15.4 Å². The van der Waals surface area contributed by atoms with E-state index < -0.39 is 0 Å². The van der Waals surface area contributed by atoms with Crippen molar-refractivity contribution in [1.29, 1.82) is 0 Å². The second-order valence-corrected chi connectivity index (χ2v) is 7.81. The number of hydrogen-bond donors (Lipinski definition) is 2. The zero-order valence-corrected chi connectivity index (χ0v) is 17.8. The summed E-state index contributed by atoms with van der Waals surface area (Å²) < 4.78 is 5.57. The zero-order valence-electron chi connectivity index (χ0n) is 17.8. The Kier molecular flexibility index (Phi) is 4.78. The maximum Gasteiger partial charge on any atom is 0.134 e. The van der Waals surface area contributed by atoms with E-state index in [0.717, 1.165) is 45.1 Å². The minimum atomic E-state index is 0.0770. The molecule has 31 heavy (non-hydrogen) atoms. The fourth-order valence-corrected chi connectivity index (χ4v) is 3.81. The van der Waals surface area contributed by atoms with E-state index in [2.05, 4.69) is 68.0 Å². The van der Waals surface area contributed by atoms with Crippen molar-refractivity contribution in [2.45, 2.75) is 26.8 Å². The molecule has 1 aliphatic rings. The van der Waals surface area contributed by atoms with Gasteiger partial charge in [0.25, 0.3) is 0 Å². The van der Waals surface area contributed by atoms with E-state index in [9.17, 15) is 0 Å². The number of nitrogens with one attached hydrogen (secondary N) is 2. The largest absolute Gasteiger partial charge is 0.464 e. The van der Waals surface area contributed by atoms with E-state index in [1.165, 1.54) is 5.56 Å². The number of aryl methyl sites for hydroxylation is 2. The molecule has 0 radical (unpaired) electrons. The number of anilines is 2. The summed E-state index contributed by atoms with van der Waals surface area (Å²) in [6.07, 6.45) is 3.59. The Morgan fingerprint density at radius 1 is 1.10 bits per heavy atom. The molecule has 7 nitrogen and oxygen atoms in total. The highest BCUT2D eigenvalue weighted by Gasteiger charge is 2.13. The van der Waals surface area contributed by atoms with Crippen molar-refractivity contribution < 1.29 is 4.42 Å². The van der Waals surface area contributed by atoms with Crippen LogP contribution in [-0.4, -0.2) is 23.0 Å². The van der Waals surface area contributed by atoms with Crippen LogP contribution in [0.15, 0.2) is 64.3 Å². The van der Waals surface area contributed by atoms with Gasteiger partial charge in [0.05, 0.1) is 18.0 Å². The summed E-state index contributed by atoms with van der Waals surface area (Å²) in [5.74, 6) is 1.53. The molecule has 2 aromatic heterocycles. The van der Waals surface area contributed by atoms with Crippen LogP contribution in [0.2, 0.25) is 0 Å². The molecule has 5 rings (SSSR count). The van der Waals surface area contributed by atoms with E-state index in [1.54, 1.807) is 12.6 Å². The first kappa shape index (κ1) is 19.1. The Hall–Kier alpha value is -3.87. The second kappa shape index (κ2) is 7.75. The van der Waals surface area contributed by atoms with Crippen molar-refractivity contribution in [2.24, 2.45) is 5.10 Å². The van der Waals surface area contributed by atoms with Gasteiger partial charge in [-0.05, 0) is 62.2 Å². The van der Waals surface area contributed by atoms with E-state index in [1.807, 2.05) is 32.0 Å². The van der Waals surface area contributed by atoms with Gasteiger partial charge in [-0.2, -0.15) is 5.10 Å². The van der Waals surface area contributed by atoms with Gasteiger partial charge in [-0.25, -0.2) is 9.97 Å². The normalized spacial score (nSPS) is 14.1. The van der Waals surface area contributed by atoms with Gasteiger partial charge in [0.1, 0.15) is 30.2 Å². The van der Waals surface area contributed by atoms with Gasteiger partial charge in [-0.1, -0.05) is 12.1 Å². The van der Waals surface area contributed by atoms with Crippen molar-refractivity contribution >= 4 is 28.8 Å². The summed E-state index contributed by atoms with van der Waals surface area (Å²) in [5, 5.41) is 8.70. The monoisotopic (exact) mass is 412 g/mol. The van der Waals surface area contributed by atoms with Crippen LogP contribution in [0, 0.1) is 13.8 Å². The molecule has 4 aromatic rings. The lowest BCUT2D eigenvalue weighted by Crippen LogP contribution is -2.22. The molecular formula is C24H24N6O. The highest BCUT2D eigenvalue weighted by molar-refractivity contribution is 5.86. The SMILES string of the molecule is Cc1nc(NC(C)c2cccc(N3C=NNC3)c2)cc(-c2ccc3occ(C)c3c2)n1. The molecule has 7 heteroatoms. The Morgan fingerprint density at radius 3 is 2.84 bits per heavy atom. The number of nitrogens with zero attached hydrogens (tertiary/aromatic N) is 4. The topological polar surface area (TPSA) is 78.6 Å². The molecule has 156 valence electrons. The van der Waals surface area contributed by atoms with E-state index in [4.69, 9.17) is 4.42 Å². The van der Waals surface area contributed by atoms with Gasteiger partial charge >= 0.3 is 0 Å². The van der Waals surface area contributed by atoms with Crippen LogP contribution < -0.4 is 15.6 Å². The Balaban J connectivity index is 1.42. The van der Waals surface area contributed by atoms with Crippen molar-refractivity contribution in [3.8, 4) is 11.3 Å². The van der Waals surface area contributed by atoms with Crippen LogP contribution in [0.5, 0.6) is 0 Å². The number of fused-ring (bicyclic) bond motifs is 1. The molecule has 2 aromatic carbocycles. The summed E-state index contributed by atoms with van der Waals surface area (Å²) in [6.45, 7) is 6.78. The molecule has 0 bridgehead atoms. The first-order chi connectivity index (χ1) is 15.1. The van der Waals surface area contributed by atoms with E-state index in [-0.39, 0.29) is 6.04 Å². The van der Waals surface area contributed by atoms with Crippen LogP contribution >= 0.6 is 0 Å². The molecule has 2 N–H and O–H groups in total. The second-order valence-electron chi connectivity index (χ2n) is 7.81. The van der Waals surface area contributed by atoms with Crippen LogP contribution in [0.3, 0.4) is 0 Å². The smallest absolute Gasteiger partial charge is 0.134 e. The van der Waals surface area contributed by atoms with Gasteiger partial charge in [0.2, 0.25) is 0 Å². The highest BCUT2D eigenvalue weighted by atomic mass is 16.3. The lowest BCUT2D eigenvalue weighted by atomic mass is 10.1. The van der Waals surface area contributed by atoms with Gasteiger partial charge in [0, 0.05) is 22.7 Å². The molecule has 0 fully saturated rings. The summed E-state index contributed by atoms with van der Waals surface area (Å²) >= 11 is 0. The Morgan fingerprint density at radius 2 is 2.00 bits per heavy atom. The van der Waals surface area contributed by atoms with Gasteiger partial charge in [-0.3, -0.25) is 5.43 Å². The molecule has 0 spiro atoms. The first-order valence-corrected chi connectivity index (χ1v) is 10.3. The number of hydrazone groups is 1. The van der Waals surface area contributed by atoms with Crippen LogP contribution in [0.25, 0.3) is 22.2 Å². The van der Waals surface area contributed by atoms with Gasteiger partial charge in [-0.15, -0.1) is 0 Å². The highest BCUT2D eigenvalue weighted by Crippen LogP contribution is 2.29. The third-order valence-corrected chi connectivity index (χ3v) is 5.50. The summed E-state index contributed by atoms with van der Waals surface area (Å²) in [4.78, 5) is 11.3. The number of benzene rings is 2. The standard InChI is InChI=1S/C24H24N6O/c1-15-12-31-23-8-7-19(10-21(15)23)22-11-24(29-17(3)28-22)27-16(2)18-5-4-6-20(9-18)30-13-25-26-14-30/h4-13,16,26H,14H2,1-3H3,(H,27,28,29). The van der Waals surface area contributed by atoms with E-state index in [0.29, 0.717) is 6.67 Å². The number of furan rings is 1. The molecule has 0 saturated carbocycles. The maximum atomic E-state index is 5.57. The van der Waals surface area contributed by atoms with Crippen LogP contribution in [0.4, 0.5) is 11.5 Å². The van der Waals surface area contributed by atoms with Crippen LogP contribution in [-0.2, 0) is 0 Å². The van der Waals surface area contributed by atoms with Crippen molar-refractivity contribution in [2.75, 3.05) is 16.9 Å². The average Bonchev–Trinajstić information content (AvgIpc) is 3.44. The molecule has 0 aliphatic carbocycles. The molecule has 0 amide bonds. The molecule has 1 aliphatic heterocycles. The summed E-state index contributed by atoms with van der Waals surface area (Å²) in [7, 11) is 0. The lowest BCUT2D eigenvalue weighted by Gasteiger charge is -2.19. The first-order valence-electron chi connectivity index (χ1n) is 10.3. The molecular weight excluding hydrogens is 388 g/mol. The Bertz CT molecular complexity index is 1280. The third-order valence-electron chi connectivity index (χ3n) is 5.50. The molecule has 1 atom stereocenters. The van der Waals surface area contributed by atoms with Crippen molar-refractivity contribution in [3.05, 3.63) is 71.7 Å². The van der Waals surface area contributed by atoms with Gasteiger partial charge < -0.3 is 14.6 Å². The number of aromatic nitrogens is 2. The Labute approximate surface area is 180 Å². The summed E-state index contributed by atoms with van der Waals surface area (Å²) in [6, 6.07) is 16.7. The predicted octanol–water partition coefficient (Wildman–Crippen LogP) is 4.99. The number of hydrogen-bond acceptors (Lipinski definition) is 7. The molecule has 0 saturated heterocycles. The van der Waals surface area contributed by atoms with Crippen molar-refractivity contribution in [3.63, 3.8) is 0 Å². The fraction of sp³-hybridized carbons (Fsp3) is 0.208. The van der Waals surface area contributed by atoms with Gasteiger partial charge in [0.15, 0.2) is 0 Å². The molecule has 3 heterocycles. The zero-order chi connectivity index (χ0) is 21.4. The quantitative estimate of drug-likeness (QED) is 0.481. The maximum absolute atomic E-state index is 5.57. The fourth-order valence-electron chi connectivity index (χ4n) is 3.81. The minimum absolute atomic E-state index is 0.0770. The lowest BCUT2D eigenvalue weighted by molar-refractivity contribution is 0.613. The van der Waals surface area contributed by atoms with Crippen LogP contribution in [0.1, 0.15) is 29.9 Å². The average molecular weight is 412 g/mol. The third kappa shape index (κ3) is 3.82. The van der Waals surface area contributed by atoms with E-state index >= 15 is 0 Å². The minimum Gasteiger partial charge on any atom is -0.464 e. The number of rotatable bonds is 5. The summed E-state index contributed by atoms with van der Waals surface area (Å²) in [5.41, 5.74) is 9.16. The molecule has 1 unspecified atom stereocenters. The predicted molar refractivity (Wildman–Crippen MR) is 124 cm³/mol.